The Bertz CT molecular complexity index is 867. The van der Waals surface area contributed by atoms with Gasteiger partial charge >= 0.3 is 11.9 Å². The van der Waals surface area contributed by atoms with Gasteiger partial charge in [0.1, 0.15) is 5.70 Å². The second-order valence-corrected chi connectivity index (χ2v) is 10.8. The number of esters is 2. The molecule has 1 aliphatic carbocycles. The van der Waals surface area contributed by atoms with E-state index in [0.29, 0.717) is 17.9 Å². The molecule has 3 aliphatic heterocycles. The predicted molar refractivity (Wildman–Crippen MR) is 119 cm³/mol. The molecule has 33 heavy (non-hydrogen) atoms. The third-order valence-electron chi connectivity index (χ3n) is 7.03. The number of aliphatic hydroxyl groups excluding tert-OH is 1. The van der Waals surface area contributed by atoms with Gasteiger partial charge < -0.3 is 24.8 Å². The van der Waals surface area contributed by atoms with Gasteiger partial charge in [-0.15, -0.1) is 11.8 Å². The van der Waals surface area contributed by atoms with Crippen molar-refractivity contribution < 1.29 is 33.8 Å². The molecular formula is C23H32N2O7S. The zero-order valence-corrected chi connectivity index (χ0v) is 20.1. The normalized spacial score (nSPS) is 31.6. The fraction of sp³-hybridized carbons (Fsp3) is 0.739. The molecule has 4 rings (SSSR count). The van der Waals surface area contributed by atoms with Crippen LogP contribution < -0.4 is 5.32 Å². The van der Waals surface area contributed by atoms with Gasteiger partial charge in [0.25, 0.3) is 0 Å². The zero-order valence-electron chi connectivity index (χ0n) is 19.2. The fourth-order valence-electron chi connectivity index (χ4n) is 5.34. The van der Waals surface area contributed by atoms with Crippen molar-refractivity contribution in [3.8, 4) is 0 Å². The standard InChI is InChI=1S/C23H32N2O7S/c1-11-18-17(12(2)26)21(28)25(18)19(20(11)33-15-9-16(27)24-10-15)23(30)32-13(3)31-22(29)14-7-5-4-6-8-14/h11-15,17-18,26H,4-10H2,1-3H3,(H,24,27)/t11?,12?,13?,15?,17?,18-/m1/s1. The average Bonchev–Trinajstić information content (AvgIpc) is 3.27. The fourth-order valence-corrected chi connectivity index (χ4v) is 6.75. The number of nitrogens with one attached hydrogen (secondary N) is 1. The summed E-state index contributed by atoms with van der Waals surface area (Å²) in [6.07, 6.45) is 3.05. The number of nitrogens with zero attached hydrogens (tertiary/aromatic N) is 1. The summed E-state index contributed by atoms with van der Waals surface area (Å²) in [6.45, 7) is 5.47. The number of β-lactam (4-membered cyclic amide) rings is 1. The smallest absolute Gasteiger partial charge is 0.358 e. The lowest BCUT2D eigenvalue weighted by atomic mass is 9.79. The third kappa shape index (κ3) is 4.64. The van der Waals surface area contributed by atoms with Crippen molar-refractivity contribution in [2.24, 2.45) is 17.8 Å². The van der Waals surface area contributed by atoms with Crippen molar-refractivity contribution in [1.29, 1.82) is 0 Å². The molecule has 4 aliphatic rings. The molecule has 5 unspecified atom stereocenters. The van der Waals surface area contributed by atoms with Crippen LogP contribution in [0.3, 0.4) is 0 Å². The highest BCUT2D eigenvalue weighted by molar-refractivity contribution is 8.03. The Hall–Kier alpha value is -2.07. The van der Waals surface area contributed by atoms with Gasteiger partial charge in [-0.25, -0.2) is 4.79 Å². The van der Waals surface area contributed by atoms with Crippen LogP contribution in [0.25, 0.3) is 0 Å². The van der Waals surface area contributed by atoms with Crippen molar-refractivity contribution in [2.75, 3.05) is 6.54 Å². The van der Waals surface area contributed by atoms with Gasteiger partial charge in [-0.2, -0.15) is 0 Å². The molecule has 2 amide bonds. The largest absolute Gasteiger partial charge is 0.425 e. The summed E-state index contributed by atoms with van der Waals surface area (Å²) in [5, 5.41) is 12.8. The lowest BCUT2D eigenvalue weighted by Crippen LogP contribution is -2.63. The summed E-state index contributed by atoms with van der Waals surface area (Å²) < 4.78 is 10.9. The molecule has 2 N–H and O–H groups in total. The van der Waals surface area contributed by atoms with Crippen LogP contribution in [0, 0.1) is 17.8 Å². The number of amides is 2. The monoisotopic (exact) mass is 480 g/mol. The van der Waals surface area contributed by atoms with Gasteiger partial charge in [-0.3, -0.25) is 14.4 Å². The Balaban J connectivity index is 1.49. The first-order valence-electron chi connectivity index (χ1n) is 11.8. The highest BCUT2D eigenvalue weighted by atomic mass is 32.2. The molecule has 9 nitrogen and oxygen atoms in total. The van der Waals surface area contributed by atoms with E-state index >= 15 is 0 Å². The van der Waals surface area contributed by atoms with E-state index in [1.807, 2.05) is 6.92 Å². The van der Waals surface area contributed by atoms with E-state index in [-0.39, 0.29) is 46.6 Å². The summed E-state index contributed by atoms with van der Waals surface area (Å²) in [5.74, 6) is -2.41. The molecule has 10 heteroatoms. The van der Waals surface area contributed by atoms with Crippen LogP contribution in [0.2, 0.25) is 0 Å². The summed E-state index contributed by atoms with van der Waals surface area (Å²) in [4.78, 5) is 52.2. The SMILES string of the molecule is CC(OC(=O)C1=C(SC2CNC(=O)C2)C(C)[C@@H]2C(C(C)O)C(=O)N12)OC(=O)C1CCCCC1. The molecule has 2 saturated heterocycles. The summed E-state index contributed by atoms with van der Waals surface area (Å²) in [6, 6.07) is -0.340. The molecule has 6 atom stereocenters. The Morgan fingerprint density at radius 2 is 1.85 bits per heavy atom. The van der Waals surface area contributed by atoms with Gasteiger partial charge in [0.05, 0.1) is 24.0 Å². The first kappa shape index (κ1) is 24.1. The molecule has 0 bridgehead atoms. The molecule has 1 saturated carbocycles. The van der Waals surface area contributed by atoms with Crippen molar-refractivity contribution >= 4 is 35.5 Å². The first-order valence-corrected chi connectivity index (χ1v) is 12.7. The van der Waals surface area contributed by atoms with Crippen molar-refractivity contribution in [1.82, 2.24) is 10.2 Å². The highest BCUT2D eigenvalue weighted by Gasteiger charge is 2.60. The summed E-state index contributed by atoms with van der Waals surface area (Å²) in [7, 11) is 0. The van der Waals surface area contributed by atoms with Crippen LogP contribution in [0.4, 0.5) is 0 Å². The minimum absolute atomic E-state index is 0.0488. The Labute approximate surface area is 197 Å². The topological polar surface area (TPSA) is 122 Å². The zero-order chi connectivity index (χ0) is 23.9. The van der Waals surface area contributed by atoms with Crippen LogP contribution in [-0.2, 0) is 28.7 Å². The number of hydrogen-bond donors (Lipinski definition) is 2. The molecule has 0 aromatic carbocycles. The van der Waals surface area contributed by atoms with Gasteiger partial charge in [0.2, 0.25) is 18.1 Å². The number of rotatable bonds is 7. The van der Waals surface area contributed by atoms with Crippen molar-refractivity contribution in [2.45, 2.75) is 83.0 Å². The van der Waals surface area contributed by atoms with Crippen LogP contribution in [0.1, 0.15) is 59.3 Å². The molecule has 0 aromatic rings. The molecular weight excluding hydrogens is 448 g/mol. The van der Waals surface area contributed by atoms with E-state index in [4.69, 9.17) is 9.47 Å². The number of carbonyl (C=O) groups is 4. The number of aliphatic hydroxyl groups is 1. The molecule has 3 fully saturated rings. The Morgan fingerprint density at radius 3 is 2.45 bits per heavy atom. The van der Waals surface area contributed by atoms with Crippen molar-refractivity contribution in [3.05, 3.63) is 10.6 Å². The maximum absolute atomic E-state index is 13.2. The number of thioether (sulfide) groups is 1. The van der Waals surface area contributed by atoms with Gasteiger partial charge in [-0.1, -0.05) is 26.2 Å². The summed E-state index contributed by atoms with van der Waals surface area (Å²) >= 11 is 1.40. The number of carbonyl (C=O) groups excluding carboxylic acids is 4. The molecule has 3 heterocycles. The second kappa shape index (κ2) is 9.66. The number of fused-ring (bicyclic) bond motifs is 1. The minimum atomic E-state index is -1.08. The molecule has 0 aromatic heterocycles. The minimum Gasteiger partial charge on any atom is -0.425 e. The van der Waals surface area contributed by atoms with E-state index < -0.39 is 24.3 Å². The maximum atomic E-state index is 13.2. The van der Waals surface area contributed by atoms with E-state index in [1.54, 1.807) is 6.92 Å². The average molecular weight is 481 g/mol. The van der Waals surface area contributed by atoms with Crippen molar-refractivity contribution in [3.63, 3.8) is 0 Å². The van der Waals surface area contributed by atoms with Crippen LogP contribution in [0.15, 0.2) is 10.6 Å². The van der Waals surface area contributed by atoms with Gasteiger partial charge in [-0.05, 0) is 19.8 Å². The first-order chi connectivity index (χ1) is 15.7. The van der Waals surface area contributed by atoms with Crippen LogP contribution in [-0.4, -0.2) is 64.0 Å². The Morgan fingerprint density at radius 1 is 1.15 bits per heavy atom. The maximum Gasteiger partial charge on any atom is 0.358 e. The molecule has 0 radical (unpaired) electrons. The predicted octanol–water partition coefficient (Wildman–Crippen LogP) is 1.69. The quantitative estimate of drug-likeness (QED) is 0.321. The van der Waals surface area contributed by atoms with E-state index in [1.165, 1.54) is 23.6 Å². The van der Waals surface area contributed by atoms with E-state index in [0.717, 1.165) is 32.1 Å². The van der Waals surface area contributed by atoms with Crippen LogP contribution in [0.5, 0.6) is 0 Å². The second-order valence-electron chi connectivity index (χ2n) is 9.46. The lowest BCUT2D eigenvalue weighted by molar-refractivity contribution is -0.188. The van der Waals surface area contributed by atoms with Crippen LogP contribution >= 0.6 is 11.8 Å². The number of ether oxygens (including phenoxy) is 2. The van der Waals surface area contributed by atoms with E-state index in [9.17, 15) is 24.3 Å². The lowest BCUT2D eigenvalue weighted by Gasteiger charge is -2.46. The third-order valence-corrected chi connectivity index (χ3v) is 8.51. The Kier molecular flexibility index (Phi) is 7.04. The highest BCUT2D eigenvalue weighted by Crippen LogP contribution is 2.52. The van der Waals surface area contributed by atoms with Gasteiger partial charge in [0.15, 0.2) is 0 Å². The summed E-state index contributed by atoms with van der Waals surface area (Å²) in [5.41, 5.74) is 0.138. The van der Waals surface area contributed by atoms with E-state index in [2.05, 4.69) is 5.32 Å². The number of hydrogen-bond acceptors (Lipinski definition) is 8. The van der Waals surface area contributed by atoms with Gasteiger partial charge in [0, 0.05) is 36.0 Å². The molecule has 182 valence electrons. The molecule has 0 spiro atoms.